The summed E-state index contributed by atoms with van der Waals surface area (Å²) in [5.41, 5.74) is 17.2. The Kier molecular flexibility index (Phi) is 7.81. The average molecular weight is 719 g/mol. The topological polar surface area (TPSA) is 26.3 Å². The van der Waals surface area contributed by atoms with Crippen molar-refractivity contribution >= 4 is 60.6 Å². The minimum absolute atomic E-state index is 0.220. The number of hydrogen-bond acceptors (Lipinski definition) is 2. The minimum atomic E-state index is 0.220. The van der Waals surface area contributed by atoms with Crippen LogP contribution in [0.15, 0.2) is 197 Å². The third-order valence-corrected chi connectivity index (χ3v) is 11.7. The molecule has 1 atom stereocenters. The second-order valence-corrected chi connectivity index (χ2v) is 15.2. The van der Waals surface area contributed by atoms with E-state index in [1.165, 1.54) is 55.7 Å². The van der Waals surface area contributed by atoms with Gasteiger partial charge in [-0.2, -0.15) is 0 Å². The maximum Gasteiger partial charge on any atom is 0.139 e. The lowest BCUT2D eigenvalue weighted by atomic mass is 9.81. The molecule has 2 aromatic heterocycles. The summed E-state index contributed by atoms with van der Waals surface area (Å²) in [7, 11) is 0. The number of furan rings is 2. The third kappa shape index (κ3) is 5.82. The first-order valence-electron chi connectivity index (χ1n) is 19.6. The Balaban J connectivity index is 0.967. The molecule has 0 radical (unpaired) electrons. The first-order chi connectivity index (χ1) is 27.7. The van der Waals surface area contributed by atoms with Crippen LogP contribution in [-0.4, -0.2) is 0 Å². The molecule has 0 amide bonds. The van der Waals surface area contributed by atoms with Crippen LogP contribution < -0.4 is 0 Å². The summed E-state index contributed by atoms with van der Waals surface area (Å²) in [6.45, 7) is 0. The normalized spacial score (nSPS) is 15.7. The third-order valence-electron chi connectivity index (χ3n) is 11.7. The Morgan fingerprint density at radius 1 is 0.429 bits per heavy atom. The molecular weight excluding hydrogens is 681 g/mol. The molecule has 0 spiro atoms. The Morgan fingerprint density at radius 2 is 1.04 bits per heavy atom. The molecule has 0 N–H and O–H groups in total. The lowest BCUT2D eigenvalue weighted by molar-refractivity contribution is 0.655. The number of benzene rings is 7. The van der Waals surface area contributed by atoms with Gasteiger partial charge in [-0.05, 0) is 123 Å². The molecule has 2 heterocycles. The van der Waals surface area contributed by atoms with Crippen LogP contribution in [0, 0.1) is 0 Å². The van der Waals surface area contributed by atoms with Gasteiger partial charge < -0.3 is 8.83 Å². The molecule has 0 bridgehead atoms. The Hall–Kier alpha value is -6.90. The van der Waals surface area contributed by atoms with Gasteiger partial charge in [0.2, 0.25) is 0 Å². The molecule has 11 rings (SSSR count). The van der Waals surface area contributed by atoms with Gasteiger partial charge in [-0.1, -0.05) is 140 Å². The summed E-state index contributed by atoms with van der Waals surface area (Å²) < 4.78 is 13.2. The summed E-state index contributed by atoms with van der Waals surface area (Å²) in [6, 6.07) is 56.9. The van der Waals surface area contributed by atoms with Crippen LogP contribution in [0.3, 0.4) is 0 Å². The van der Waals surface area contributed by atoms with Crippen LogP contribution in [-0.2, 0) is 0 Å². The van der Waals surface area contributed by atoms with Crippen molar-refractivity contribution in [1.82, 2.24) is 0 Å². The second-order valence-electron chi connectivity index (χ2n) is 15.2. The van der Waals surface area contributed by atoms with Crippen molar-refractivity contribution in [3.63, 3.8) is 0 Å². The standard InChI is InChI=1S/C54H38O2/c1-5-13-35(14-6-1)41-25-42(36-15-7-2-8-16-36)28-45(27-41)39-21-23-47-49-33-50-48-24-22-40(32-52(48)56-54(50)34-53(49)55-51(47)31-39)46-29-43(37-17-9-3-10-18-37)26-44(30-46)38-19-11-4-12-20-38/h1-11,13-19,21-27,29-34,45H,12,20,28H2. The zero-order chi connectivity index (χ0) is 37.0. The molecule has 2 nitrogen and oxygen atoms in total. The summed E-state index contributed by atoms with van der Waals surface area (Å²) >= 11 is 0. The molecule has 266 valence electrons. The maximum absolute atomic E-state index is 6.62. The Bertz CT molecular complexity index is 3080. The van der Waals surface area contributed by atoms with Gasteiger partial charge in [0.15, 0.2) is 0 Å². The predicted octanol–water partition coefficient (Wildman–Crippen LogP) is 15.2. The first kappa shape index (κ1) is 32.5. The van der Waals surface area contributed by atoms with Gasteiger partial charge in [0.25, 0.3) is 0 Å². The van der Waals surface area contributed by atoms with Crippen molar-refractivity contribution in [3.05, 3.63) is 210 Å². The van der Waals surface area contributed by atoms with Crippen LogP contribution >= 0.6 is 0 Å². The molecule has 1 unspecified atom stereocenters. The average Bonchev–Trinajstić information content (AvgIpc) is 3.82. The highest BCUT2D eigenvalue weighted by atomic mass is 16.3. The number of rotatable bonds is 6. The maximum atomic E-state index is 6.62. The quantitative estimate of drug-likeness (QED) is 0.171. The molecule has 0 saturated carbocycles. The summed E-state index contributed by atoms with van der Waals surface area (Å²) in [5, 5.41) is 4.44. The van der Waals surface area contributed by atoms with E-state index in [9.17, 15) is 0 Å². The van der Waals surface area contributed by atoms with E-state index >= 15 is 0 Å². The smallest absolute Gasteiger partial charge is 0.139 e. The van der Waals surface area contributed by atoms with E-state index in [1.54, 1.807) is 0 Å². The second kappa shape index (κ2) is 13.4. The Morgan fingerprint density at radius 3 is 1.73 bits per heavy atom. The number of hydrogen-bond donors (Lipinski definition) is 0. The van der Waals surface area contributed by atoms with E-state index in [4.69, 9.17) is 8.83 Å². The molecule has 0 fully saturated rings. The van der Waals surface area contributed by atoms with Crippen molar-refractivity contribution in [2.24, 2.45) is 0 Å². The zero-order valence-corrected chi connectivity index (χ0v) is 30.9. The highest BCUT2D eigenvalue weighted by molar-refractivity contribution is 6.15. The van der Waals surface area contributed by atoms with Gasteiger partial charge in [0.05, 0.1) is 0 Å². The lowest BCUT2D eigenvalue weighted by Crippen LogP contribution is -2.03. The molecule has 0 aliphatic heterocycles. The lowest BCUT2D eigenvalue weighted by Gasteiger charge is -2.23. The van der Waals surface area contributed by atoms with Gasteiger partial charge in [-0.25, -0.2) is 0 Å². The van der Waals surface area contributed by atoms with E-state index in [0.717, 1.165) is 68.7 Å². The monoisotopic (exact) mass is 718 g/mol. The molecule has 2 aliphatic rings. The first-order valence-corrected chi connectivity index (χ1v) is 19.6. The number of fused-ring (bicyclic) bond motifs is 6. The fraction of sp³-hybridized carbons (Fsp3) is 0.0741. The molecule has 2 heteroatoms. The van der Waals surface area contributed by atoms with Crippen molar-refractivity contribution in [1.29, 1.82) is 0 Å². The van der Waals surface area contributed by atoms with Gasteiger partial charge >= 0.3 is 0 Å². The summed E-state index contributed by atoms with van der Waals surface area (Å²) in [4.78, 5) is 0. The van der Waals surface area contributed by atoms with Crippen molar-refractivity contribution in [2.45, 2.75) is 25.2 Å². The Labute approximate surface area is 326 Å². The van der Waals surface area contributed by atoms with Gasteiger partial charge in [0.1, 0.15) is 22.3 Å². The van der Waals surface area contributed by atoms with Crippen LogP contribution in [0.1, 0.15) is 47.4 Å². The summed E-state index contributed by atoms with van der Waals surface area (Å²) in [5.74, 6) is 0.220. The molecule has 9 aromatic rings. The van der Waals surface area contributed by atoms with E-state index in [-0.39, 0.29) is 5.92 Å². The molecule has 2 aliphatic carbocycles. The predicted molar refractivity (Wildman–Crippen MR) is 234 cm³/mol. The van der Waals surface area contributed by atoms with Gasteiger partial charge in [-0.3, -0.25) is 0 Å². The zero-order valence-electron chi connectivity index (χ0n) is 30.9. The van der Waals surface area contributed by atoms with Crippen LogP contribution in [0.4, 0.5) is 0 Å². The highest BCUT2D eigenvalue weighted by Crippen LogP contribution is 2.43. The van der Waals surface area contributed by atoms with Gasteiger partial charge in [-0.15, -0.1) is 0 Å². The fourth-order valence-electron chi connectivity index (χ4n) is 8.78. The van der Waals surface area contributed by atoms with Crippen LogP contribution in [0.2, 0.25) is 0 Å². The molecule has 7 aromatic carbocycles. The van der Waals surface area contributed by atoms with Crippen LogP contribution in [0.5, 0.6) is 0 Å². The molecule has 56 heavy (non-hydrogen) atoms. The summed E-state index contributed by atoms with van der Waals surface area (Å²) in [6.07, 6.45) is 14.5. The van der Waals surface area contributed by atoms with Gasteiger partial charge in [0, 0.05) is 33.5 Å². The van der Waals surface area contributed by atoms with E-state index < -0.39 is 0 Å². The fourth-order valence-corrected chi connectivity index (χ4v) is 8.78. The molecule has 0 saturated heterocycles. The highest BCUT2D eigenvalue weighted by Gasteiger charge is 2.21. The SMILES string of the molecule is C1=CCCC(c2cc(-c3ccccc3)cc(-c3ccc4c(c3)oc3cc5oc6cc(C7C=C(c8ccccc8)C=C(c8ccccc8)C7)ccc6c5cc34)c2)=C1. The van der Waals surface area contributed by atoms with E-state index in [1.807, 2.05) is 0 Å². The number of allylic oxidation sites excluding steroid dienone is 8. The largest absolute Gasteiger partial charge is 0.456 e. The van der Waals surface area contributed by atoms with Crippen LogP contribution in [0.25, 0.3) is 82.9 Å². The van der Waals surface area contributed by atoms with Crippen molar-refractivity contribution in [2.75, 3.05) is 0 Å². The van der Waals surface area contributed by atoms with Crippen molar-refractivity contribution in [3.8, 4) is 22.3 Å². The van der Waals surface area contributed by atoms with E-state index in [2.05, 4.69) is 188 Å². The van der Waals surface area contributed by atoms with Crippen molar-refractivity contribution < 1.29 is 8.83 Å². The van der Waals surface area contributed by atoms with E-state index in [0.29, 0.717) is 0 Å². The molecular formula is C54H38O2. The minimum Gasteiger partial charge on any atom is -0.456 e.